The van der Waals surface area contributed by atoms with Crippen molar-refractivity contribution in [1.29, 1.82) is 0 Å². The van der Waals surface area contributed by atoms with Gasteiger partial charge in [-0.3, -0.25) is 0 Å². The van der Waals surface area contributed by atoms with E-state index in [9.17, 15) is 0 Å². The molecule has 0 saturated heterocycles. The van der Waals surface area contributed by atoms with Crippen LogP contribution in [-0.4, -0.2) is 25.2 Å². The van der Waals surface area contributed by atoms with Gasteiger partial charge in [0.25, 0.3) is 0 Å². The highest BCUT2D eigenvalue weighted by Crippen LogP contribution is 2.53. The van der Waals surface area contributed by atoms with E-state index in [-0.39, 0.29) is 9.90 Å². The van der Waals surface area contributed by atoms with Crippen molar-refractivity contribution in [1.82, 2.24) is 0 Å². The zero-order chi connectivity index (χ0) is 6.62. The summed E-state index contributed by atoms with van der Waals surface area (Å²) < 4.78 is 0. The van der Waals surface area contributed by atoms with Crippen molar-refractivity contribution in [2.24, 2.45) is 0 Å². The second-order valence-corrected chi connectivity index (χ2v) is 7.70. The molecule has 0 amide bonds. The summed E-state index contributed by atoms with van der Waals surface area (Å²) in [5.41, 5.74) is 0. The van der Waals surface area contributed by atoms with Gasteiger partial charge in [0.1, 0.15) is 0 Å². The molecular weight excluding hydrogens is 146 g/mol. The Morgan fingerprint density at radius 3 is 1.11 bits per heavy atom. The zero-order valence-corrected chi connectivity index (χ0v) is 9.58. The SMILES string of the molecule is CC[P+](C)(CC)CC.P. The highest BCUT2D eigenvalue weighted by atomic mass is 31.2. The first kappa shape index (κ1) is 12.5. The van der Waals surface area contributed by atoms with E-state index < -0.39 is 7.26 Å². The highest BCUT2D eigenvalue weighted by Gasteiger charge is 2.22. The summed E-state index contributed by atoms with van der Waals surface area (Å²) in [4.78, 5) is 0. The summed E-state index contributed by atoms with van der Waals surface area (Å²) in [5, 5.41) is 0. The lowest BCUT2D eigenvalue weighted by Crippen LogP contribution is -1.98. The van der Waals surface area contributed by atoms with Crippen molar-refractivity contribution < 1.29 is 0 Å². The Balaban J connectivity index is 0. The smallest absolute Gasteiger partial charge is 0.0563 e. The van der Waals surface area contributed by atoms with E-state index in [1.54, 1.807) is 0 Å². The van der Waals surface area contributed by atoms with Gasteiger partial charge in [-0.15, -0.1) is 0 Å². The summed E-state index contributed by atoms with van der Waals surface area (Å²) in [7, 11) is -0.412. The van der Waals surface area contributed by atoms with Gasteiger partial charge in [-0.05, 0) is 20.8 Å². The highest BCUT2D eigenvalue weighted by molar-refractivity contribution is 7.75. The Labute approximate surface area is 63.8 Å². The zero-order valence-electron chi connectivity index (χ0n) is 7.28. The molecule has 0 heterocycles. The molecule has 0 N–H and O–H groups in total. The van der Waals surface area contributed by atoms with Crippen molar-refractivity contribution >= 4 is 17.2 Å². The average molecular weight is 167 g/mol. The molecule has 0 saturated carbocycles. The molecule has 0 aliphatic carbocycles. The molecule has 0 nitrogen and oxygen atoms in total. The third kappa shape index (κ3) is 4.29. The molecule has 1 atom stereocenters. The van der Waals surface area contributed by atoms with Crippen molar-refractivity contribution in [3.8, 4) is 0 Å². The lowest BCUT2D eigenvalue weighted by molar-refractivity contribution is 1.31. The van der Waals surface area contributed by atoms with Gasteiger partial charge in [-0.25, -0.2) is 0 Å². The summed E-state index contributed by atoms with van der Waals surface area (Å²) in [6.07, 6.45) is 4.29. The molecule has 58 valence electrons. The minimum absolute atomic E-state index is 0. The molecule has 0 aromatic rings. The van der Waals surface area contributed by atoms with Gasteiger partial charge >= 0.3 is 0 Å². The molecule has 0 radical (unpaired) electrons. The minimum atomic E-state index is -0.412. The first-order chi connectivity index (χ1) is 3.68. The average Bonchev–Trinajstić information content (AvgIpc) is 1.87. The summed E-state index contributed by atoms with van der Waals surface area (Å²) in [5.74, 6) is 0. The molecule has 9 heavy (non-hydrogen) atoms. The molecule has 0 fully saturated rings. The van der Waals surface area contributed by atoms with Crippen molar-refractivity contribution in [2.45, 2.75) is 20.8 Å². The lowest BCUT2D eigenvalue weighted by Gasteiger charge is -2.16. The topological polar surface area (TPSA) is 0 Å². The number of hydrogen-bond donors (Lipinski definition) is 0. The van der Waals surface area contributed by atoms with E-state index in [0.29, 0.717) is 0 Å². The van der Waals surface area contributed by atoms with Crippen LogP contribution in [0.1, 0.15) is 20.8 Å². The van der Waals surface area contributed by atoms with Gasteiger partial charge in [-0.1, -0.05) is 0 Å². The van der Waals surface area contributed by atoms with E-state index in [0.717, 1.165) is 0 Å². The lowest BCUT2D eigenvalue weighted by atomic mass is 10.9. The van der Waals surface area contributed by atoms with Crippen LogP contribution < -0.4 is 0 Å². The molecule has 0 spiro atoms. The molecular formula is C7H21P2+. The Bertz CT molecular complexity index is 49.7. The van der Waals surface area contributed by atoms with E-state index >= 15 is 0 Å². The van der Waals surface area contributed by atoms with Crippen molar-refractivity contribution in [3.05, 3.63) is 0 Å². The normalized spacial score (nSPS) is 10.7. The maximum atomic E-state index is 2.47. The Morgan fingerprint density at radius 1 is 0.889 bits per heavy atom. The van der Waals surface area contributed by atoms with Crippen molar-refractivity contribution in [3.63, 3.8) is 0 Å². The number of rotatable bonds is 3. The van der Waals surface area contributed by atoms with Crippen molar-refractivity contribution in [2.75, 3.05) is 25.2 Å². The molecule has 0 rings (SSSR count). The second-order valence-electron chi connectivity index (χ2n) is 2.57. The molecule has 0 aliphatic rings. The van der Waals surface area contributed by atoms with Crippen LogP contribution in [0.15, 0.2) is 0 Å². The molecule has 0 aromatic heterocycles. The second kappa shape index (κ2) is 5.63. The Hall–Kier alpha value is 0.860. The molecule has 0 aromatic carbocycles. The van der Waals surface area contributed by atoms with Gasteiger partial charge in [0.2, 0.25) is 0 Å². The Kier molecular flexibility index (Phi) is 7.84. The third-order valence-electron chi connectivity index (χ3n) is 2.29. The van der Waals surface area contributed by atoms with Crippen LogP contribution in [0, 0.1) is 0 Å². The van der Waals surface area contributed by atoms with Crippen LogP contribution in [0.2, 0.25) is 0 Å². The molecule has 0 bridgehead atoms. The van der Waals surface area contributed by atoms with Crippen LogP contribution in [0.4, 0.5) is 0 Å². The van der Waals surface area contributed by atoms with Crippen LogP contribution in [0.3, 0.4) is 0 Å². The van der Waals surface area contributed by atoms with E-state index in [2.05, 4.69) is 27.4 Å². The Morgan fingerprint density at radius 2 is 1.11 bits per heavy atom. The van der Waals surface area contributed by atoms with Gasteiger partial charge in [-0.2, -0.15) is 9.90 Å². The van der Waals surface area contributed by atoms with E-state index in [1.807, 2.05) is 0 Å². The maximum absolute atomic E-state index is 2.47. The summed E-state index contributed by atoms with van der Waals surface area (Å²) in [6, 6.07) is 0. The fraction of sp³-hybridized carbons (Fsp3) is 1.00. The quantitative estimate of drug-likeness (QED) is 0.567. The van der Waals surface area contributed by atoms with E-state index in [1.165, 1.54) is 18.5 Å². The van der Waals surface area contributed by atoms with Crippen LogP contribution in [-0.2, 0) is 0 Å². The summed E-state index contributed by atoms with van der Waals surface area (Å²) in [6.45, 7) is 9.43. The molecule has 2 heteroatoms. The predicted molar refractivity (Wildman–Crippen MR) is 55.6 cm³/mol. The molecule has 1 unspecified atom stereocenters. The molecule has 0 aliphatic heterocycles. The first-order valence-electron chi connectivity index (χ1n) is 3.52. The predicted octanol–water partition coefficient (Wildman–Crippen LogP) is 2.75. The maximum Gasteiger partial charge on any atom is 0.0563 e. The van der Waals surface area contributed by atoms with Gasteiger partial charge in [0.05, 0.1) is 18.5 Å². The fourth-order valence-electron chi connectivity index (χ4n) is 0.671. The van der Waals surface area contributed by atoms with Gasteiger partial charge < -0.3 is 0 Å². The van der Waals surface area contributed by atoms with Gasteiger partial charge in [0, 0.05) is 13.9 Å². The minimum Gasteiger partial charge on any atom is -0.153 e. The van der Waals surface area contributed by atoms with E-state index in [4.69, 9.17) is 0 Å². The van der Waals surface area contributed by atoms with Crippen LogP contribution in [0.25, 0.3) is 0 Å². The monoisotopic (exact) mass is 167 g/mol. The van der Waals surface area contributed by atoms with Crippen LogP contribution >= 0.6 is 17.2 Å². The standard InChI is InChI=1S/C7H18P.H3P/c1-5-8(4,6-2)7-3;/h5-7H2,1-4H3;1H3/q+1;. The third-order valence-corrected chi connectivity index (χ3v) is 6.87. The largest absolute Gasteiger partial charge is 0.153 e. The first-order valence-corrected chi connectivity index (χ1v) is 6.31. The van der Waals surface area contributed by atoms with Gasteiger partial charge in [0.15, 0.2) is 0 Å². The summed E-state index contributed by atoms with van der Waals surface area (Å²) >= 11 is 0. The number of hydrogen-bond acceptors (Lipinski definition) is 0. The fourth-order valence-corrected chi connectivity index (χ4v) is 2.01. The van der Waals surface area contributed by atoms with Crippen LogP contribution in [0.5, 0.6) is 0 Å².